The first-order chi connectivity index (χ1) is 13.7. The third kappa shape index (κ3) is 3.15. The molecule has 0 saturated carbocycles. The molecule has 0 atom stereocenters. The van der Waals surface area contributed by atoms with Gasteiger partial charge in [0, 0.05) is 18.5 Å². The van der Waals surface area contributed by atoms with Gasteiger partial charge >= 0.3 is 5.97 Å². The smallest absolute Gasteiger partial charge is 0.343 e. The Morgan fingerprint density at radius 3 is 2.71 bits per heavy atom. The highest BCUT2D eigenvalue weighted by Crippen LogP contribution is 2.23. The fraction of sp³-hybridized carbons (Fsp3) is 0.0476. The SMILES string of the molecule is N#Cc1ccccc1-c1ccc(COC(=O)c2c[nH]n3c(=O)ccnc23)cc1. The monoisotopic (exact) mass is 370 g/mol. The fourth-order valence-corrected chi connectivity index (χ4v) is 2.91. The first-order valence-electron chi connectivity index (χ1n) is 8.48. The summed E-state index contributed by atoms with van der Waals surface area (Å²) in [5.74, 6) is -0.573. The van der Waals surface area contributed by atoms with E-state index in [1.54, 1.807) is 6.07 Å². The van der Waals surface area contributed by atoms with Crippen LogP contribution in [-0.2, 0) is 11.3 Å². The molecule has 0 fully saturated rings. The summed E-state index contributed by atoms with van der Waals surface area (Å²) in [6.45, 7) is 0.0768. The van der Waals surface area contributed by atoms with E-state index in [2.05, 4.69) is 16.2 Å². The van der Waals surface area contributed by atoms with Crippen LogP contribution in [0.4, 0.5) is 0 Å². The number of nitrogens with one attached hydrogen (secondary N) is 1. The van der Waals surface area contributed by atoms with Crippen LogP contribution in [0.25, 0.3) is 16.8 Å². The second-order valence-electron chi connectivity index (χ2n) is 6.06. The van der Waals surface area contributed by atoms with E-state index in [0.29, 0.717) is 5.56 Å². The average Bonchev–Trinajstić information content (AvgIpc) is 3.18. The Bertz CT molecular complexity index is 1260. The number of hydrogen-bond acceptors (Lipinski definition) is 5. The molecule has 0 aliphatic carbocycles. The highest BCUT2D eigenvalue weighted by atomic mass is 16.5. The molecule has 0 spiro atoms. The van der Waals surface area contributed by atoms with Gasteiger partial charge in [-0.15, -0.1) is 0 Å². The van der Waals surface area contributed by atoms with Crippen molar-refractivity contribution in [3.05, 3.63) is 94.0 Å². The number of H-pyrrole nitrogens is 1. The van der Waals surface area contributed by atoms with Gasteiger partial charge in [-0.3, -0.25) is 9.89 Å². The minimum atomic E-state index is -0.573. The molecule has 4 aromatic rings. The van der Waals surface area contributed by atoms with Crippen LogP contribution in [0.3, 0.4) is 0 Å². The lowest BCUT2D eigenvalue weighted by atomic mass is 9.99. The van der Waals surface area contributed by atoms with Crippen molar-refractivity contribution in [3.63, 3.8) is 0 Å². The van der Waals surface area contributed by atoms with E-state index in [0.717, 1.165) is 16.7 Å². The summed E-state index contributed by atoms with van der Waals surface area (Å²) in [4.78, 5) is 28.1. The van der Waals surface area contributed by atoms with Crippen molar-refractivity contribution in [2.24, 2.45) is 0 Å². The van der Waals surface area contributed by atoms with Gasteiger partial charge in [0.2, 0.25) is 0 Å². The van der Waals surface area contributed by atoms with E-state index in [-0.39, 0.29) is 23.4 Å². The van der Waals surface area contributed by atoms with Crippen LogP contribution in [0.15, 0.2) is 71.8 Å². The number of rotatable bonds is 4. The van der Waals surface area contributed by atoms with Crippen LogP contribution in [-0.4, -0.2) is 20.6 Å². The summed E-state index contributed by atoms with van der Waals surface area (Å²) in [7, 11) is 0. The van der Waals surface area contributed by atoms with Gasteiger partial charge in [0.15, 0.2) is 5.65 Å². The van der Waals surface area contributed by atoms with Gasteiger partial charge in [0.25, 0.3) is 5.56 Å². The maximum Gasteiger partial charge on any atom is 0.343 e. The average molecular weight is 370 g/mol. The van der Waals surface area contributed by atoms with Crippen molar-refractivity contribution in [3.8, 4) is 17.2 Å². The highest BCUT2D eigenvalue weighted by molar-refractivity contribution is 5.95. The first-order valence-corrected chi connectivity index (χ1v) is 8.48. The van der Waals surface area contributed by atoms with E-state index >= 15 is 0 Å². The van der Waals surface area contributed by atoms with Gasteiger partial charge in [-0.05, 0) is 22.8 Å². The zero-order valence-electron chi connectivity index (χ0n) is 14.6. The van der Waals surface area contributed by atoms with Crippen molar-refractivity contribution >= 4 is 11.6 Å². The molecule has 0 amide bonds. The Balaban J connectivity index is 1.49. The molecule has 2 aromatic carbocycles. The van der Waals surface area contributed by atoms with Gasteiger partial charge in [-0.1, -0.05) is 42.5 Å². The fourth-order valence-electron chi connectivity index (χ4n) is 2.91. The quantitative estimate of drug-likeness (QED) is 0.557. The lowest BCUT2D eigenvalue weighted by molar-refractivity contribution is 0.0475. The van der Waals surface area contributed by atoms with Crippen LogP contribution in [0.1, 0.15) is 21.5 Å². The number of nitriles is 1. The number of fused-ring (bicyclic) bond motifs is 1. The Morgan fingerprint density at radius 1 is 1.14 bits per heavy atom. The molecule has 0 saturated heterocycles. The van der Waals surface area contributed by atoms with Gasteiger partial charge in [0.05, 0.1) is 11.6 Å². The summed E-state index contributed by atoms with van der Waals surface area (Å²) in [6, 6.07) is 18.3. The summed E-state index contributed by atoms with van der Waals surface area (Å²) >= 11 is 0. The van der Waals surface area contributed by atoms with E-state index in [4.69, 9.17) is 4.74 Å². The Morgan fingerprint density at radius 2 is 1.93 bits per heavy atom. The van der Waals surface area contributed by atoms with E-state index in [1.807, 2.05) is 42.5 Å². The molecule has 2 heterocycles. The number of ether oxygens (including phenoxy) is 1. The molecular weight excluding hydrogens is 356 g/mol. The van der Waals surface area contributed by atoms with Crippen molar-refractivity contribution in [1.82, 2.24) is 14.6 Å². The lowest BCUT2D eigenvalue weighted by Crippen LogP contribution is -2.13. The van der Waals surface area contributed by atoms with Crippen LogP contribution < -0.4 is 5.56 Å². The highest BCUT2D eigenvalue weighted by Gasteiger charge is 2.15. The number of aromatic nitrogens is 3. The number of esters is 1. The standard InChI is InChI=1S/C21H14N4O3/c22-11-16-3-1-2-4-17(16)15-7-5-14(6-8-15)13-28-21(27)18-12-24-25-19(26)9-10-23-20(18)25/h1-10,12,24H,13H2. The van der Waals surface area contributed by atoms with Gasteiger partial charge in [0.1, 0.15) is 12.2 Å². The zero-order valence-corrected chi connectivity index (χ0v) is 14.6. The topological polar surface area (TPSA) is 100 Å². The van der Waals surface area contributed by atoms with Crippen molar-refractivity contribution < 1.29 is 9.53 Å². The Hall–Kier alpha value is -4.18. The van der Waals surface area contributed by atoms with Crippen molar-refractivity contribution in [2.45, 2.75) is 6.61 Å². The van der Waals surface area contributed by atoms with Gasteiger partial charge in [-0.25, -0.2) is 14.3 Å². The second-order valence-corrected chi connectivity index (χ2v) is 6.06. The zero-order chi connectivity index (χ0) is 19.5. The maximum absolute atomic E-state index is 12.3. The number of nitrogens with zero attached hydrogens (tertiary/aromatic N) is 3. The molecule has 2 aromatic heterocycles. The predicted octanol–water partition coefficient (Wildman–Crippen LogP) is 2.92. The lowest BCUT2D eigenvalue weighted by Gasteiger charge is -2.07. The molecule has 0 aliphatic rings. The third-order valence-corrected chi connectivity index (χ3v) is 4.33. The molecule has 0 aliphatic heterocycles. The van der Waals surface area contributed by atoms with Gasteiger partial charge < -0.3 is 4.74 Å². The Labute approximate surface area is 159 Å². The van der Waals surface area contributed by atoms with Crippen LogP contribution in [0.2, 0.25) is 0 Å². The number of aromatic amines is 1. The summed E-state index contributed by atoms with van der Waals surface area (Å²) < 4.78 is 6.52. The van der Waals surface area contributed by atoms with Crippen LogP contribution >= 0.6 is 0 Å². The summed E-state index contributed by atoms with van der Waals surface area (Å²) in [5, 5.41) is 11.9. The molecule has 0 unspecified atom stereocenters. The minimum absolute atomic E-state index is 0.0768. The molecule has 7 nitrogen and oxygen atoms in total. The van der Waals surface area contributed by atoms with Gasteiger partial charge in [-0.2, -0.15) is 5.26 Å². The number of benzene rings is 2. The van der Waals surface area contributed by atoms with Crippen LogP contribution in [0, 0.1) is 11.3 Å². The number of hydrogen-bond donors (Lipinski definition) is 1. The van der Waals surface area contributed by atoms with Crippen molar-refractivity contribution in [1.29, 1.82) is 5.26 Å². The number of carbonyl (C=O) groups excluding carboxylic acids is 1. The van der Waals surface area contributed by atoms with E-state index in [1.165, 1.54) is 23.0 Å². The normalized spacial score (nSPS) is 10.5. The summed E-state index contributed by atoms with van der Waals surface area (Å²) in [5.41, 5.74) is 3.27. The molecule has 28 heavy (non-hydrogen) atoms. The van der Waals surface area contributed by atoms with Crippen LogP contribution in [0.5, 0.6) is 0 Å². The third-order valence-electron chi connectivity index (χ3n) is 4.33. The predicted molar refractivity (Wildman–Crippen MR) is 102 cm³/mol. The first kappa shape index (κ1) is 17.2. The molecule has 136 valence electrons. The Kier molecular flexibility index (Phi) is 4.44. The largest absolute Gasteiger partial charge is 0.457 e. The summed E-state index contributed by atoms with van der Waals surface area (Å²) in [6.07, 6.45) is 2.74. The second kappa shape index (κ2) is 7.21. The molecule has 0 radical (unpaired) electrons. The molecule has 4 rings (SSSR count). The molecule has 7 heteroatoms. The minimum Gasteiger partial charge on any atom is -0.457 e. The van der Waals surface area contributed by atoms with E-state index in [9.17, 15) is 14.9 Å². The van der Waals surface area contributed by atoms with E-state index < -0.39 is 5.97 Å². The van der Waals surface area contributed by atoms with Crippen molar-refractivity contribution in [2.75, 3.05) is 0 Å². The maximum atomic E-state index is 12.3. The number of carbonyl (C=O) groups is 1. The molecule has 1 N–H and O–H groups in total. The molecule has 0 bridgehead atoms. The molecular formula is C21H14N4O3.